The Morgan fingerprint density at radius 1 is 0.795 bits per heavy atom. The predicted molar refractivity (Wildman–Crippen MR) is 156 cm³/mol. The summed E-state index contributed by atoms with van der Waals surface area (Å²) in [4.78, 5) is 31.4. The van der Waals surface area contributed by atoms with Gasteiger partial charge in [0.2, 0.25) is 0 Å². The van der Waals surface area contributed by atoms with Gasteiger partial charge in [-0.25, -0.2) is 9.97 Å². The lowest BCUT2D eigenvalue weighted by molar-refractivity contribution is 0.0745. The highest BCUT2D eigenvalue weighted by Gasteiger charge is 2.26. The van der Waals surface area contributed by atoms with Gasteiger partial charge in [0.25, 0.3) is 5.91 Å². The van der Waals surface area contributed by atoms with Gasteiger partial charge in [-0.1, -0.05) is 17.9 Å². The van der Waals surface area contributed by atoms with Crippen LogP contribution >= 0.6 is 0 Å². The predicted octanol–water partition coefficient (Wildman–Crippen LogP) is 3.34. The normalized spacial score (nSPS) is 16.1. The number of aryl methyl sites for hydroxylation is 2. The number of pyridine rings is 2. The number of terminal acetylenes is 2. The Kier molecular flexibility index (Phi) is 7.81. The van der Waals surface area contributed by atoms with Gasteiger partial charge in [-0.2, -0.15) is 0 Å². The van der Waals surface area contributed by atoms with Crippen molar-refractivity contribution in [3.63, 3.8) is 0 Å². The van der Waals surface area contributed by atoms with Crippen molar-refractivity contribution in [2.45, 2.75) is 20.4 Å². The number of carbonyl (C=O) groups excluding carboxylic acids is 1. The van der Waals surface area contributed by atoms with Crippen molar-refractivity contribution in [2.75, 3.05) is 62.2 Å². The third-order valence-corrected chi connectivity index (χ3v) is 7.73. The molecule has 1 amide bonds. The van der Waals surface area contributed by atoms with E-state index in [1.807, 2.05) is 36.1 Å². The minimum atomic E-state index is 0.0911. The molecule has 0 radical (unpaired) electrons. The Morgan fingerprint density at radius 3 is 1.87 bits per heavy atom. The highest BCUT2D eigenvalue weighted by atomic mass is 16.2. The SMILES string of the molecule is C#Cc1cccnc1N1CCN(Cc2cc(C(=O)N3CCN(c4ncccc4C#C)CC3)c(C)cc2C)CC1. The van der Waals surface area contributed by atoms with E-state index in [2.05, 4.69) is 55.6 Å². The molecule has 2 aromatic heterocycles. The van der Waals surface area contributed by atoms with E-state index in [4.69, 9.17) is 12.8 Å². The van der Waals surface area contributed by atoms with E-state index in [-0.39, 0.29) is 5.91 Å². The van der Waals surface area contributed by atoms with Gasteiger partial charge in [-0.3, -0.25) is 9.69 Å². The van der Waals surface area contributed by atoms with Crippen molar-refractivity contribution < 1.29 is 4.79 Å². The molecule has 5 rings (SSSR count). The van der Waals surface area contributed by atoms with Gasteiger partial charge >= 0.3 is 0 Å². The summed E-state index contributed by atoms with van der Waals surface area (Å²) >= 11 is 0. The Hall–Kier alpha value is -4.33. The van der Waals surface area contributed by atoms with Gasteiger partial charge in [0, 0.05) is 76.9 Å². The van der Waals surface area contributed by atoms with Crippen LogP contribution in [0.15, 0.2) is 48.8 Å². The third kappa shape index (κ3) is 5.60. The van der Waals surface area contributed by atoms with E-state index < -0.39 is 0 Å². The van der Waals surface area contributed by atoms with Gasteiger partial charge in [0.1, 0.15) is 11.6 Å². The van der Waals surface area contributed by atoms with Crippen molar-refractivity contribution in [1.29, 1.82) is 0 Å². The summed E-state index contributed by atoms with van der Waals surface area (Å²) in [6.07, 6.45) is 14.9. The molecule has 198 valence electrons. The molecule has 2 fully saturated rings. The fourth-order valence-corrected chi connectivity index (χ4v) is 5.47. The zero-order valence-corrected chi connectivity index (χ0v) is 22.7. The average Bonchev–Trinajstić information content (AvgIpc) is 2.98. The van der Waals surface area contributed by atoms with Crippen LogP contribution in [0.5, 0.6) is 0 Å². The van der Waals surface area contributed by atoms with E-state index in [1.54, 1.807) is 12.4 Å². The number of piperazine rings is 2. The summed E-state index contributed by atoms with van der Waals surface area (Å²) < 4.78 is 0. The number of amides is 1. The molecule has 1 aromatic carbocycles. The Morgan fingerprint density at radius 2 is 1.33 bits per heavy atom. The molecule has 0 bridgehead atoms. The second kappa shape index (κ2) is 11.6. The summed E-state index contributed by atoms with van der Waals surface area (Å²) in [5.74, 6) is 7.26. The molecule has 39 heavy (non-hydrogen) atoms. The molecule has 4 heterocycles. The van der Waals surface area contributed by atoms with Crippen molar-refractivity contribution in [1.82, 2.24) is 19.8 Å². The lowest BCUT2D eigenvalue weighted by Gasteiger charge is -2.37. The second-order valence-electron chi connectivity index (χ2n) is 10.2. The summed E-state index contributed by atoms with van der Waals surface area (Å²) in [5.41, 5.74) is 5.84. The smallest absolute Gasteiger partial charge is 0.254 e. The van der Waals surface area contributed by atoms with Crippen LogP contribution in [0.2, 0.25) is 0 Å². The van der Waals surface area contributed by atoms with Gasteiger partial charge in [-0.15, -0.1) is 12.8 Å². The van der Waals surface area contributed by atoms with E-state index in [1.165, 1.54) is 11.1 Å². The number of nitrogens with zero attached hydrogens (tertiary/aromatic N) is 6. The lowest BCUT2D eigenvalue weighted by Crippen LogP contribution is -2.49. The zero-order valence-electron chi connectivity index (χ0n) is 22.7. The van der Waals surface area contributed by atoms with Crippen LogP contribution in [0.4, 0.5) is 11.6 Å². The molecule has 0 aliphatic carbocycles. The quantitative estimate of drug-likeness (QED) is 0.483. The van der Waals surface area contributed by atoms with E-state index in [0.717, 1.165) is 66.6 Å². The fraction of sp³-hybridized carbons (Fsp3) is 0.344. The first-order chi connectivity index (χ1) is 19.0. The molecule has 2 saturated heterocycles. The molecule has 0 spiro atoms. The van der Waals surface area contributed by atoms with E-state index in [0.29, 0.717) is 26.2 Å². The highest BCUT2D eigenvalue weighted by Crippen LogP contribution is 2.24. The summed E-state index contributed by atoms with van der Waals surface area (Å²) in [6, 6.07) is 11.8. The van der Waals surface area contributed by atoms with Crippen molar-refractivity contribution in [3.8, 4) is 24.7 Å². The van der Waals surface area contributed by atoms with Gasteiger partial charge in [0.15, 0.2) is 0 Å². The molecule has 2 aliphatic rings. The Bertz CT molecular complexity index is 1440. The minimum Gasteiger partial charge on any atom is -0.353 e. The number of anilines is 2. The maximum Gasteiger partial charge on any atom is 0.254 e. The van der Waals surface area contributed by atoms with Crippen LogP contribution in [-0.2, 0) is 6.54 Å². The molecule has 7 nitrogen and oxygen atoms in total. The van der Waals surface area contributed by atoms with E-state index >= 15 is 0 Å². The fourth-order valence-electron chi connectivity index (χ4n) is 5.47. The third-order valence-electron chi connectivity index (χ3n) is 7.73. The average molecular weight is 519 g/mol. The first-order valence-corrected chi connectivity index (χ1v) is 13.4. The van der Waals surface area contributed by atoms with Crippen LogP contribution < -0.4 is 9.80 Å². The van der Waals surface area contributed by atoms with Gasteiger partial charge in [0.05, 0.1) is 11.1 Å². The van der Waals surface area contributed by atoms with Crippen molar-refractivity contribution >= 4 is 17.5 Å². The number of carbonyl (C=O) groups is 1. The zero-order chi connectivity index (χ0) is 27.4. The lowest BCUT2D eigenvalue weighted by atomic mass is 9.98. The Labute approximate surface area is 231 Å². The molecular formula is C32H34N6O. The number of rotatable bonds is 5. The topological polar surface area (TPSA) is 55.8 Å². The molecule has 2 aliphatic heterocycles. The van der Waals surface area contributed by atoms with Gasteiger partial charge in [-0.05, 0) is 60.9 Å². The molecule has 0 N–H and O–H groups in total. The maximum atomic E-state index is 13.6. The van der Waals surface area contributed by atoms with Crippen LogP contribution in [0.25, 0.3) is 0 Å². The standard InChI is InChI=1S/C32H34N6O/c1-5-26-9-7-11-33-30(26)36-15-13-35(14-16-36)23-28-22-29(25(4)21-24(28)3)32(39)38-19-17-37(18-20-38)31-27(6-2)10-8-12-34-31/h1-2,7-12,21-22H,13-20,23H2,3-4H3. The Balaban J connectivity index is 1.23. The van der Waals surface area contributed by atoms with Crippen LogP contribution in [-0.4, -0.2) is 78.0 Å². The van der Waals surface area contributed by atoms with E-state index in [9.17, 15) is 4.79 Å². The monoisotopic (exact) mass is 518 g/mol. The molecule has 0 atom stereocenters. The van der Waals surface area contributed by atoms with Crippen LogP contribution in [0.1, 0.15) is 38.2 Å². The second-order valence-corrected chi connectivity index (χ2v) is 10.2. The maximum absolute atomic E-state index is 13.6. The number of aromatic nitrogens is 2. The molecule has 0 unspecified atom stereocenters. The molecule has 0 saturated carbocycles. The van der Waals surface area contributed by atoms with Gasteiger partial charge < -0.3 is 14.7 Å². The summed E-state index contributed by atoms with van der Waals surface area (Å²) in [5, 5.41) is 0. The highest BCUT2D eigenvalue weighted by molar-refractivity contribution is 5.96. The van der Waals surface area contributed by atoms with Crippen LogP contribution in [0, 0.1) is 38.5 Å². The molecule has 7 heteroatoms. The van der Waals surface area contributed by atoms with Crippen LogP contribution in [0.3, 0.4) is 0 Å². The summed E-state index contributed by atoms with van der Waals surface area (Å²) in [7, 11) is 0. The van der Waals surface area contributed by atoms with Crippen molar-refractivity contribution in [2.24, 2.45) is 0 Å². The first kappa shape index (κ1) is 26.3. The minimum absolute atomic E-state index is 0.0911. The molecule has 3 aromatic rings. The van der Waals surface area contributed by atoms with Crippen molar-refractivity contribution in [3.05, 3.63) is 82.2 Å². The number of hydrogen-bond acceptors (Lipinski definition) is 6. The largest absolute Gasteiger partial charge is 0.353 e. The molecular weight excluding hydrogens is 484 g/mol. The summed E-state index contributed by atoms with van der Waals surface area (Å²) in [6.45, 7) is 11.2. The number of hydrogen-bond donors (Lipinski definition) is 0. The first-order valence-electron chi connectivity index (χ1n) is 13.4. The number of benzene rings is 1.